The molecule has 0 aromatic carbocycles. The first kappa shape index (κ1) is 15.3. The van der Waals surface area contributed by atoms with Gasteiger partial charge in [0.2, 0.25) is 3.79 Å². The zero-order valence-electron chi connectivity index (χ0n) is 8.25. The summed E-state index contributed by atoms with van der Waals surface area (Å²) in [6.07, 6.45) is 1.78. The predicted octanol–water partition coefficient (Wildman–Crippen LogP) is 2.11. The molecule has 0 radical (unpaired) electrons. The molecule has 1 atom stereocenters. The van der Waals surface area contributed by atoms with Crippen molar-refractivity contribution < 1.29 is 19.4 Å². The second kappa shape index (κ2) is 6.83. The molecule has 1 amide bonds. The first-order valence-corrected chi connectivity index (χ1v) is 5.25. The Kier molecular flexibility index (Phi) is 6.55. The van der Waals surface area contributed by atoms with Crippen LogP contribution < -0.4 is 5.32 Å². The molecule has 0 aromatic rings. The molecule has 16 heavy (non-hydrogen) atoms. The summed E-state index contributed by atoms with van der Waals surface area (Å²) < 4.78 is 2.76. The average Bonchev–Trinajstić information content (AvgIpc) is 2.13. The first-order valence-electron chi connectivity index (χ1n) is 4.12. The minimum absolute atomic E-state index is 0.467. The number of hydrogen-bond acceptors (Lipinski definition) is 3. The topological polar surface area (TPSA) is 75.6 Å². The van der Waals surface area contributed by atoms with Gasteiger partial charge in [-0.05, 0) is 6.92 Å². The van der Waals surface area contributed by atoms with Crippen LogP contribution in [0.3, 0.4) is 0 Å². The van der Waals surface area contributed by atoms with E-state index in [1.807, 2.05) is 0 Å². The third-order valence-electron chi connectivity index (χ3n) is 1.29. The van der Waals surface area contributed by atoms with Gasteiger partial charge < -0.3 is 15.2 Å². The fourth-order valence-electron chi connectivity index (χ4n) is 0.701. The molecule has 0 aliphatic rings. The first-order chi connectivity index (χ1) is 7.26. The lowest BCUT2D eigenvalue weighted by Crippen LogP contribution is -2.40. The summed E-state index contributed by atoms with van der Waals surface area (Å²) in [5.74, 6) is -1.22. The lowest BCUT2D eigenvalue weighted by atomic mass is 10.3. The van der Waals surface area contributed by atoms with Crippen molar-refractivity contribution in [2.24, 2.45) is 0 Å². The molecular formula is C8H10Cl3NO4. The molecule has 92 valence electrons. The number of amides is 1. The van der Waals surface area contributed by atoms with E-state index in [1.165, 1.54) is 12.2 Å². The van der Waals surface area contributed by atoms with Crippen LogP contribution in [0.25, 0.3) is 0 Å². The number of hydrogen-bond donors (Lipinski definition) is 2. The van der Waals surface area contributed by atoms with E-state index in [0.29, 0.717) is 0 Å². The monoisotopic (exact) mass is 289 g/mol. The van der Waals surface area contributed by atoms with Crippen LogP contribution >= 0.6 is 34.8 Å². The van der Waals surface area contributed by atoms with Crippen LogP contribution in [0.2, 0.25) is 0 Å². The standard InChI is InChI=1S/C8H10Cl3NO4/c1-2-3-5(6(13)14)12-7(15)16-4-8(9,10)11/h2-3,5H,4H2,1H3,(H,12,15)(H,13,14)/b3-2+. The normalized spacial score (nSPS) is 13.5. The van der Waals surface area contributed by atoms with Crippen molar-refractivity contribution in [3.8, 4) is 0 Å². The highest BCUT2D eigenvalue weighted by molar-refractivity contribution is 6.67. The van der Waals surface area contributed by atoms with E-state index in [2.05, 4.69) is 10.1 Å². The summed E-state index contributed by atoms with van der Waals surface area (Å²) in [7, 11) is 0. The minimum atomic E-state index is -1.73. The van der Waals surface area contributed by atoms with Crippen LogP contribution in [0.5, 0.6) is 0 Å². The molecule has 0 fully saturated rings. The Bertz CT molecular complexity index is 287. The molecule has 0 saturated heterocycles. The Morgan fingerprint density at radius 3 is 2.44 bits per heavy atom. The van der Waals surface area contributed by atoms with Gasteiger partial charge in [0.15, 0.2) is 0 Å². The lowest BCUT2D eigenvalue weighted by Gasteiger charge is -2.14. The molecule has 8 heteroatoms. The SMILES string of the molecule is C/C=C/C(NC(=O)OCC(Cl)(Cl)Cl)C(=O)O. The number of nitrogens with one attached hydrogen (secondary N) is 1. The van der Waals surface area contributed by atoms with Gasteiger partial charge >= 0.3 is 12.1 Å². The predicted molar refractivity (Wildman–Crippen MR) is 61.0 cm³/mol. The number of halogens is 3. The molecule has 0 aliphatic carbocycles. The summed E-state index contributed by atoms with van der Waals surface area (Å²) in [5, 5.41) is 10.7. The Labute approximate surface area is 107 Å². The van der Waals surface area contributed by atoms with Crippen LogP contribution in [-0.2, 0) is 9.53 Å². The minimum Gasteiger partial charge on any atom is -0.479 e. The average molecular weight is 291 g/mol. The van der Waals surface area contributed by atoms with Crippen LogP contribution in [0, 0.1) is 0 Å². The summed E-state index contributed by atoms with van der Waals surface area (Å²) >= 11 is 16.0. The van der Waals surface area contributed by atoms with Crippen molar-refractivity contribution in [2.45, 2.75) is 16.8 Å². The second-order valence-corrected chi connectivity index (χ2v) is 5.19. The van der Waals surface area contributed by atoms with E-state index in [9.17, 15) is 9.59 Å². The smallest absolute Gasteiger partial charge is 0.408 e. The number of alkyl halides is 3. The Morgan fingerprint density at radius 1 is 1.50 bits per heavy atom. The zero-order valence-corrected chi connectivity index (χ0v) is 10.5. The Balaban J connectivity index is 4.16. The van der Waals surface area contributed by atoms with E-state index in [1.54, 1.807) is 6.92 Å². The zero-order chi connectivity index (χ0) is 12.8. The van der Waals surface area contributed by atoms with Gasteiger partial charge in [-0.1, -0.05) is 47.0 Å². The van der Waals surface area contributed by atoms with E-state index < -0.39 is 28.5 Å². The number of carbonyl (C=O) groups excluding carboxylic acids is 1. The van der Waals surface area contributed by atoms with Crippen LogP contribution in [0.15, 0.2) is 12.2 Å². The molecule has 0 saturated carbocycles. The number of alkyl carbamates (subject to hydrolysis) is 1. The molecule has 1 unspecified atom stereocenters. The number of rotatable bonds is 4. The molecule has 0 spiro atoms. The number of carboxylic acids is 1. The van der Waals surface area contributed by atoms with Crippen molar-refractivity contribution in [1.29, 1.82) is 0 Å². The number of aliphatic carboxylic acids is 1. The molecule has 2 N–H and O–H groups in total. The highest BCUT2D eigenvalue weighted by atomic mass is 35.6. The second-order valence-electron chi connectivity index (χ2n) is 2.68. The number of ether oxygens (including phenoxy) is 1. The number of carboxylic acid groups (broad SMARTS) is 1. The maximum atomic E-state index is 11.1. The largest absolute Gasteiger partial charge is 0.479 e. The van der Waals surface area contributed by atoms with E-state index in [0.717, 1.165) is 0 Å². The van der Waals surface area contributed by atoms with Crippen molar-refractivity contribution in [3.63, 3.8) is 0 Å². The van der Waals surface area contributed by atoms with Gasteiger partial charge in [0.05, 0.1) is 0 Å². The highest BCUT2D eigenvalue weighted by Gasteiger charge is 2.24. The van der Waals surface area contributed by atoms with Gasteiger partial charge in [-0.3, -0.25) is 0 Å². The summed E-state index contributed by atoms with van der Waals surface area (Å²) in [6, 6.07) is -1.17. The molecule has 0 heterocycles. The van der Waals surface area contributed by atoms with E-state index >= 15 is 0 Å². The van der Waals surface area contributed by atoms with Gasteiger partial charge in [0.25, 0.3) is 0 Å². The fraction of sp³-hybridized carbons (Fsp3) is 0.500. The van der Waals surface area contributed by atoms with Crippen LogP contribution in [0.4, 0.5) is 4.79 Å². The molecule has 0 aromatic heterocycles. The third kappa shape index (κ3) is 7.62. The molecule has 0 aliphatic heterocycles. The number of carbonyl (C=O) groups is 2. The maximum absolute atomic E-state index is 11.1. The Morgan fingerprint density at radius 2 is 2.06 bits per heavy atom. The van der Waals surface area contributed by atoms with Gasteiger partial charge in [-0.2, -0.15) is 0 Å². The van der Waals surface area contributed by atoms with Crippen molar-refractivity contribution >= 4 is 46.9 Å². The maximum Gasteiger partial charge on any atom is 0.408 e. The number of allylic oxidation sites excluding steroid dienone is 1. The van der Waals surface area contributed by atoms with E-state index in [-0.39, 0.29) is 0 Å². The molecule has 0 bridgehead atoms. The quantitative estimate of drug-likeness (QED) is 0.614. The summed E-state index contributed by atoms with van der Waals surface area (Å²) in [6.45, 7) is 1.15. The Hall–Kier alpha value is -0.650. The van der Waals surface area contributed by atoms with Crippen molar-refractivity contribution in [1.82, 2.24) is 5.32 Å². The molecular weight excluding hydrogens is 280 g/mol. The summed E-state index contributed by atoms with van der Waals surface area (Å²) in [4.78, 5) is 21.7. The van der Waals surface area contributed by atoms with E-state index in [4.69, 9.17) is 39.9 Å². The van der Waals surface area contributed by atoms with Crippen LogP contribution in [-0.4, -0.2) is 33.6 Å². The third-order valence-corrected chi connectivity index (χ3v) is 1.62. The summed E-state index contributed by atoms with van der Waals surface area (Å²) in [5.41, 5.74) is 0. The van der Waals surface area contributed by atoms with Crippen molar-refractivity contribution in [2.75, 3.05) is 6.61 Å². The van der Waals surface area contributed by atoms with Gasteiger partial charge in [0, 0.05) is 0 Å². The van der Waals surface area contributed by atoms with Gasteiger partial charge in [-0.25, -0.2) is 9.59 Å². The van der Waals surface area contributed by atoms with Gasteiger partial charge in [0.1, 0.15) is 12.6 Å². The van der Waals surface area contributed by atoms with Crippen LogP contribution in [0.1, 0.15) is 6.92 Å². The van der Waals surface area contributed by atoms with Gasteiger partial charge in [-0.15, -0.1) is 0 Å². The highest BCUT2D eigenvalue weighted by Crippen LogP contribution is 2.25. The molecule has 0 rings (SSSR count). The fourth-order valence-corrected chi connectivity index (χ4v) is 0.864. The lowest BCUT2D eigenvalue weighted by molar-refractivity contribution is -0.138. The van der Waals surface area contributed by atoms with Crippen molar-refractivity contribution in [3.05, 3.63) is 12.2 Å². The molecule has 5 nitrogen and oxygen atoms in total.